The molecule has 0 radical (unpaired) electrons. The molecule has 0 aromatic heterocycles. The zero-order valence-corrected chi connectivity index (χ0v) is 11.5. The van der Waals surface area contributed by atoms with Crippen molar-refractivity contribution in [2.75, 3.05) is 25.5 Å². The molecule has 106 valence electrons. The van der Waals surface area contributed by atoms with Crippen molar-refractivity contribution in [3.63, 3.8) is 0 Å². The van der Waals surface area contributed by atoms with E-state index in [4.69, 9.17) is 15.2 Å². The van der Waals surface area contributed by atoms with Gasteiger partial charge in [0.05, 0.1) is 25.7 Å². The second-order valence-electron chi connectivity index (χ2n) is 4.44. The topological polar surface area (TPSA) is 73.6 Å². The third-order valence-corrected chi connectivity index (χ3v) is 2.35. The number of nitrogens with one attached hydrogen (secondary N) is 1. The van der Waals surface area contributed by atoms with Crippen LogP contribution >= 0.6 is 0 Å². The summed E-state index contributed by atoms with van der Waals surface area (Å²) < 4.78 is 10.7. The summed E-state index contributed by atoms with van der Waals surface area (Å²) in [6.07, 6.45) is 0.511. The normalized spacial score (nSPS) is 10.5. The van der Waals surface area contributed by atoms with Crippen molar-refractivity contribution in [3.05, 3.63) is 24.3 Å². The van der Waals surface area contributed by atoms with E-state index in [0.29, 0.717) is 37.6 Å². The monoisotopic (exact) mass is 266 g/mol. The molecule has 0 spiro atoms. The Labute approximate surface area is 114 Å². The molecule has 0 saturated heterocycles. The van der Waals surface area contributed by atoms with Crippen LogP contribution in [0.25, 0.3) is 0 Å². The van der Waals surface area contributed by atoms with E-state index in [-0.39, 0.29) is 12.0 Å². The maximum absolute atomic E-state index is 11.5. The summed E-state index contributed by atoms with van der Waals surface area (Å²) in [5, 5.41) is 2.77. The molecule has 5 nitrogen and oxygen atoms in total. The van der Waals surface area contributed by atoms with Gasteiger partial charge in [0.2, 0.25) is 5.91 Å². The molecule has 3 N–H and O–H groups in total. The van der Waals surface area contributed by atoms with Gasteiger partial charge in [-0.3, -0.25) is 4.79 Å². The van der Waals surface area contributed by atoms with Crippen LogP contribution in [-0.2, 0) is 9.53 Å². The molecule has 0 bridgehead atoms. The first-order valence-electron chi connectivity index (χ1n) is 6.44. The lowest BCUT2D eigenvalue weighted by molar-refractivity contribution is -0.121. The van der Waals surface area contributed by atoms with E-state index in [2.05, 4.69) is 5.32 Å². The second kappa shape index (κ2) is 8.37. The van der Waals surface area contributed by atoms with E-state index in [9.17, 15) is 4.79 Å². The highest BCUT2D eigenvalue weighted by Crippen LogP contribution is 2.12. The number of carbonyl (C=O) groups is 1. The third-order valence-electron chi connectivity index (χ3n) is 2.35. The van der Waals surface area contributed by atoms with Gasteiger partial charge in [0.25, 0.3) is 0 Å². The lowest BCUT2D eigenvalue weighted by atomic mass is 10.3. The first kappa shape index (κ1) is 15.3. The van der Waals surface area contributed by atoms with Gasteiger partial charge in [0, 0.05) is 12.2 Å². The number of hydrogen-bond donors (Lipinski definition) is 2. The zero-order chi connectivity index (χ0) is 14.1. The van der Waals surface area contributed by atoms with Crippen LogP contribution in [0.5, 0.6) is 5.75 Å². The fourth-order valence-corrected chi connectivity index (χ4v) is 1.40. The summed E-state index contributed by atoms with van der Waals surface area (Å²) in [6.45, 7) is 5.33. The number of nitrogens with two attached hydrogens (primary N) is 1. The van der Waals surface area contributed by atoms with E-state index in [1.807, 2.05) is 13.8 Å². The van der Waals surface area contributed by atoms with Crippen molar-refractivity contribution in [2.45, 2.75) is 26.4 Å². The summed E-state index contributed by atoms with van der Waals surface area (Å²) in [5.74, 6) is 0.674. The molecular formula is C14H22N2O3. The van der Waals surface area contributed by atoms with E-state index in [1.165, 1.54) is 0 Å². The highest BCUT2D eigenvalue weighted by atomic mass is 16.5. The fraction of sp³-hybridized carbons (Fsp3) is 0.500. The van der Waals surface area contributed by atoms with Gasteiger partial charge in [0.15, 0.2) is 0 Å². The van der Waals surface area contributed by atoms with Crippen molar-refractivity contribution < 1.29 is 14.3 Å². The Balaban J connectivity index is 2.08. The van der Waals surface area contributed by atoms with Crippen LogP contribution in [0.15, 0.2) is 24.3 Å². The summed E-state index contributed by atoms with van der Waals surface area (Å²) in [7, 11) is 0. The van der Waals surface area contributed by atoms with Crippen molar-refractivity contribution in [1.29, 1.82) is 0 Å². The SMILES string of the molecule is CC(C)OCCNC(=O)CCOc1ccc(N)cc1. The highest BCUT2D eigenvalue weighted by Gasteiger charge is 2.02. The van der Waals surface area contributed by atoms with Crippen molar-refractivity contribution in [1.82, 2.24) is 5.32 Å². The zero-order valence-electron chi connectivity index (χ0n) is 11.5. The smallest absolute Gasteiger partial charge is 0.223 e. The molecule has 0 aliphatic carbocycles. The Hall–Kier alpha value is -1.75. The molecule has 1 amide bonds. The lowest BCUT2D eigenvalue weighted by Gasteiger charge is -2.09. The number of benzene rings is 1. The molecule has 0 saturated carbocycles. The summed E-state index contributed by atoms with van der Waals surface area (Å²) in [5.41, 5.74) is 6.25. The van der Waals surface area contributed by atoms with Crippen LogP contribution in [0.1, 0.15) is 20.3 Å². The summed E-state index contributed by atoms with van der Waals surface area (Å²) >= 11 is 0. The molecule has 1 rings (SSSR count). The van der Waals surface area contributed by atoms with Gasteiger partial charge in [-0.05, 0) is 38.1 Å². The number of ether oxygens (including phenoxy) is 2. The van der Waals surface area contributed by atoms with Crippen molar-refractivity contribution in [3.8, 4) is 5.75 Å². The molecule has 19 heavy (non-hydrogen) atoms. The molecule has 0 aliphatic rings. The van der Waals surface area contributed by atoms with Gasteiger partial charge >= 0.3 is 0 Å². The minimum absolute atomic E-state index is 0.0391. The van der Waals surface area contributed by atoms with Gasteiger partial charge < -0.3 is 20.5 Å². The van der Waals surface area contributed by atoms with Crippen LogP contribution < -0.4 is 15.8 Å². The Bertz CT molecular complexity index is 377. The summed E-state index contributed by atoms with van der Waals surface area (Å²) in [4.78, 5) is 11.5. The largest absolute Gasteiger partial charge is 0.493 e. The van der Waals surface area contributed by atoms with Crippen molar-refractivity contribution >= 4 is 11.6 Å². The molecule has 0 unspecified atom stereocenters. The number of nitrogen functional groups attached to an aromatic ring is 1. The Morgan fingerprint density at radius 3 is 2.58 bits per heavy atom. The van der Waals surface area contributed by atoms with E-state index < -0.39 is 0 Å². The van der Waals surface area contributed by atoms with Gasteiger partial charge in [-0.2, -0.15) is 0 Å². The molecule has 5 heteroatoms. The minimum atomic E-state index is -0.0391. The van der Waals surface area contributed by atoms with Crippen LogP contribution in [0, 0.1) is 0 Å². The van der Waals surface area contributed by atoms with Crippen LogP contribution in [0.4, 0.5) is 5.69 Å². The first-order chi connectivity index (χ1) is 9.08. The maximum atomic E-state index is 11.5. The molecule has 1 aromatic carbocycles. The van der Waals surface area contributed by atoms with Gasteiger partial charge in [0.1, 0.15) is 5.75 Å². The molecule has 0 fully saturated rings. The van der Waals surface area contributed by atoms with Crippen LogP contribution in [-0.4, -0.2) is 31.8 Å². The van der Waals surface area contributed by atoms with Crippen LogP contribution in [0.2, 0.25) is 0 Å². The average Bonchev–Trinajstić information content (AvgIpc) is 2.37. The lowest BCUT2D eigenvalue weighted by Crippen LogP contribution is -2.29. The third kappa shape index (κ3) is 7.31. The number of amides is 1. The number of rotatable bonds is 8. The Morgan fingerprint density at radius 2 is 1.95 bits per heavy atom. The molecule has 0 atom stereocenters. The van der Waals surface area contributed by atoms with Gasteiger partial charge in [-0.1, -0.05) is 0 Å². The van der Waals surface area contributed by atoms with E-state index >= 15 is 0 Å². The molecule has 1 aromatic rings. The molecule has 0 heterocycles. The average molecular weight is 266 g/mol. The highest BCUT2D eigenvalue weighted by molar-refractivity contribution is 5.75. The maximum Gasteiger partial charge on any atom is 0.223 e. The second-order valence-corrected chi connectivity index (χ2v) is 4.44. The van der Waals surface area contributed by atoms with E-state index in [0.717, 1.165) is 0 Å². The predicted molar refractivity (Wildman–Crippen MR) is 75.1 cm³/mol. The van der Waals surface area contributed by atoms with Crippen molar-refractivity contribution in [2.24, 2.45) is 0 Å². The Morgan fingerprint density at radius 1 is 1.26 bits per heavy atom. The number of hydrogen-bond acceptors (Lipinski definition) is 4. The van der Waals surface area contributed by atoms with Crippen LogP contribution in [0.3, 0.4) is 0 Å². The number of carbonyl (C=O) groups excluding carboxylic acids is 1. The van der Waals surface area contributed by atoms with E-state index in [1.54, 1.807) is 24.3 Å². The van der Waals surface area contributed by atoms with Gasteiger partial charge in [-0.15, -0.1) is 0 Å². The summed E-state index contributed by atoms with van der Waals surface area (Å²) in [6, 6.07) is 7.09. The predicted octanol–water partition coefficient (Wildman–Crippen LogP) is 1.58. The van der Waals surface area contributed by atoms with Gasteiger partial charge in [-0.25, -0.2) is 0 Å². The minimum Gasteiger partial charge on any atom is -0.493 e. The number of anilines is 1. The quantitative estimate of drug-likeness (QED) is 0.553. The molecule has 0 aliphatic heterocycles. The fourth-order valence-electron chi connectivity index (χ4n) is 1.40. The molecular weight excluding hydrogens is 244 g/mol. The Kier molecular flexibility index (Phi) is 6.74. The standard InChI is InChI=1S/C14H22N2O3/c1-11(2)18-10-8-16-14(17)7-9-19-13-5-3-12(15)4-6-13/h3-6,11H,7-10,15H2,1-2H3,(H,16,17). The first-order valence-corrected chi connectivity index (χ1v) is 6.44.